The SMILES string of the molecule is Cc1ccc(C(=O)Nc2cccc(CNC(=O)NCCCC(=O)O)c2)cc1. The van der Waals surface area contributed by atoms with Gasteiger partial charge in [0.1, 0.15) is 0 Å². The van der Waals surface area contributed by atoms with E-state index >= 15 is 0 Å². The van der Waals surface area contributed by atoms with Crippen LogP contribution in [0.1, 0.15) is 34.3 Å². The van der Waals surface area contributed by atoms with Crippen molar-refractivity contribution in [2.24, 2.45) is 0 Å². The van der Waals surface area contributed by atoms with E-state index in [0.29, 0.717) is 30.8 Å². The van der Waals surface area contributed by atoms with E-state index in [9.17, 15) is 14.4 Å². The van der Waals surface area contributed by atoms with E-state index < -0.39 is 5.97 Å². The highest BCUT2D eigenvalue weighted by atomic mass is 16.4. The molecule has 0 radical (unpaired) electrons. The summed E-state index contributed by atoms with van der Waals surface area (Å²) in [6.45, 7) is 2.55. The van der Waals surface area contributed by atoms with Gasteiger partial charge in [0, 0.05) is 30.8 Å². The average molecular weight is 369 g/mol. The third-order valence-corrected chi connectivity index (χ3v) is 3.80. The molecule has 0 aliphatic rings. The molecule has 0 bridgehead atoms. The number of carbonyl (C=O) groups is 3. The quantitative estimate of drug-likeness (QED) is 0.537. The topological polar surface area (TPSA) is 108 Å². The first-order valence-electron chi connectivity index (χ1n) is 8.64. The van der Waals surface area contributed by atoms with Gasteiger partial charge in [0.15, 0.2) is 0 Å². The number of anilines is 1. The molecule has 7 heteroatoms. The maximum Gasteiger partial charge on any atom is 0.315 e. The summed E-state index contributed by atoms with van der Waals surface area (Å²) in [4.78, 5) is 34.4. The van der Waals surface area contributed by atoms with E-state index in [1.54, 1.807) is 30.3 Å². The fraction of sp³-hybridized carbons (Fsp3) is 0.250. The molecule has 0 aliphatic heterocycles. The Kier molecular flexibility index (Phi) is 7.37. The molecule has 0 saturated heterocycles. The number of benzene rings is 2. The molecule has 4 N–H and O–H groups in total. The van der Waals surface area contributed by atoms with Gasteiger partial charge in [-0.15, -0.1) is 0 Å². The first-order chi connectivity index (χ1) is 12.9. The van der Waals surface area contributed by atoms with Crippen LogP contribution in [-0.2, 0) is 11.3 Å². The molecule has 0 saturated carbocycles. The monoisotopic (exact) mass is 369 g/mol. The molecule has 7 nitrogen and oxygen atoms in total. The highest BCUT2D eigenvalue weighted by Crippen LogP contribution is 2.13. The maximum atomic E-state index is 12.3. The van der Waals surface area contributed by atoms with Crippen molar-refractivity contribution in [2.45, 2.75) is 26.3 Å². The molecule has 2 aromatic rings. The lowest BCUT2D eigenvalue weighted by Crippen LogP contribution is -2.35. The van der Waals surface area contributed by atoms with Crippen LogP contribution < -0.4 is 16.0 Å². The van der Waals surface area contributed by atoms with E-state index in [-0.39, 0.29) is 18.4 Å². The van der Waals surface area contributed by atoms with Gasteiger partial charge in [0.2, 0.25) is 0 Å². The summed E-state index contributed by atoms with van der Waals surface area (Å²) in [5, 5.41) is 16.7. The van der Waals surface area contributed by atoms with Gasteiger partial charge < -0.3 is 21.1 Å². The molecule has 2 aromatic carbocycles. The summed E-state index contributed by atoms with van der Waals surface area (Å²) in [7, 11) is 0. The first kappa shape index (κ1) is 20.0. The Balaban J connectivity index is 1.82. The predicted octanol–water partition coefficient (Wildman–Crippen LogP) is 2.91. The highest BCUT2D eigenvalue weighted by molar-refractivity contribution is 6.04. The number of rotatable bonds is 8. The van der Waals surface area contributed by atoms with Crippen molar-refractivity contribution in [3.63, 3.8) is 0 Å². The van der Waals surface area contributed by atoms with Gasteiger partial charge in [-0.2, -0.15) is 0 Å². The molecular weight excluding hydrogens is 346 g/mol. The Morgan fingerprint density at radius 2 is 1.74 bits per heavy atom. The van der Waals surface area contributed by atoms with Crippen LogP contribution in [0.15, 0.2) is 48.5 Å². The number of carboxylic acids is 1. The first-order valence-corrected chi connectivity index (χ1v) is 8.64. The Morgan fingerprint density at radius 3 is 2.44 bits per heavy atom. The molecule has 142 valence electrons. The van der Waals surface area contributed by atoms with Crippen LogP contribution in [0, 0.1) is 6.92 Å². The molecule has 0 spiro atoms. The van der Waals surface area contributed by atoms with Gasteiger partial charge in [-0.05, 0) is 43.2 Å². The lowest BCUT2D eigenvalue weighted by molar-refractivity contribution is -0.137. The molecule has 27 heavy (non-hydrogen) atoms. The van der Waals surface area contributed by atoms with Crippen LogP contribution in [0.3, 0.4) is 0 Å². The second-order valence-electron chi connectivity index (χ2n) is 6.13. The fourth-order valence-corrected chi connectivity index (χ4v) is 2.35. The van der Waals surface area contributed by atoms with Crippen molar-refractivity contribution in [2.75, 3.05) is 11.9 Å². The lowest BCUT2D eigenvalue weighted by atomic mass is 10.1. The summed E-state index contributed by atoms with van der Waals surface area (Å²) in [5.41, 5.74) is 3.13. The van der Waals surface area contributed by atoms with Crippen molar-refractivity contribution in [1.82, 2.24) is 10.6 Å². The van der Waals surface area contributed by atoms with E-state index in [4.69, 9.17) is 5.11 Å². The number of aryl methyl sites for hydroxylation is 1. The number of nitrogens with one attached hydrogen (secondary N) is 3. The van der Waals surface area contributed by atoms with Gasteiger partial charge in [-0.25, -0.2) is 4.79 Å². The summed E-state index contributed by atoms with van der Waals surface area (Å²) in [6, 6.07) is 14.1. The van der Waals surface area contributed by atoms with Crippen molar-refractivity contribution in [1.29, 1.82) is 0 Å². The molecule has 0 atom stereocenters. The number of hydrogen-bond acceptors (Lipinski definition) is 3. The zero-order valence-electron chi connectivity index (χ0n) is 15.1. The fourth-order valence-electron chi connectivity index (χ4n) is 2.35. The van der Waals surface area contributed by atoms with E-state index in [1.165, 1.54) is 0 Å². The molecule has 0 fully saturated rings. The second kappa shape index (κ2) is 9.96. The van der Waals surface area contributed by atoms with Crippen LogP contribution >= 0.6 is 0 Å². The Morgan fingerprint density at radius 1 is 1.00 bits per heavy atom. The number of carboxylic acid groups (broad SMARTS) is 1. The molecule has 0 unspecified atom stereocenters. The normalized spacial score (nSPS) is 10.1. The second-order valence-corrected chi connectivity index (χ2v) is 6.13. The van der Waals surface area contributed by atoms with Crippen LogP contribution in [0.4, 0.5) is 10.5 Å². The molecule has 0 aliphatic carbocycles. The number of amides is 3. The van der Waals surface area contributed by atoms with Crippen LogP contribution in [0.2, 0.25) is 0 Å². The molecule has 2 rings (SSSR count). The smallest absolute Gasteiger partial charge is 0.315 e. The van der Waals surface area contributed by atoms with E-state index in [2.05, 4.69) is 16.0 Å². The third kappa shape index (κ3) is 7.19. The molecule has 0 heterocycles. The third-order valence-electron chi connectivity index (χ3n) is 3.80. The van der Waals surface area contributed by atoms with E-state index in [0.717, 1.165) is 11.1 Å². The molecular formula is C20H23N3O4. The zero-order chi connectivity index (χ0) is 19.6. The number of aliphatic carboxylic acids is 1. The minimum Gasteiger partial charge on any atom is -0.481 e. The largest absolute Gasteiger partial charge is 0.481 e. The average Bonchev–Trinajstić information content (AvgIpc) is 2.64. The summed E-state index contributed by atoms with van der Waals surface area (Å²) >= 11 is 0. The summed E-state index contributed by atoms with van der Waals surface area (Å²) in [6.07, 6.45) is 0.395. The summed E-state index contributed by atoms with van der Waals surface area (Å²) < 4.78 is 0. The Hall–Kier alpha value is -3.35. The van der Waals surface area contributed by atoms with Gasteiger partial charge >= 0.3 is 12.0 Å². The minimum absolute atomic E-state index is 0.0169. The maximum absolute atomic E-state index is 12.3. The zero-order valence-corrected chi connectivity index (χ0v) is 15.1. The Labute approximate surface area is 157 Å². The summed E-state index contributed by atoms with van der Waals surface area (Å²) in [5.74, 6) is -1.09. The van der Waals surface area contributed by atoms with Gasteiger partial charge in [-0.1, -0.05) is 29.8 Å². The lowest BCUT2D eigenvalue weighted by Gasteiger charge is -2.10. The number of carbonyl (C=O) groups excluding carboxylic acids is 2. The van der Waals surface area contributed by atoms with Crippen LogP contribution in [0.5, 0.6) is 0 Å². The Bertz CT molecular complexity index is 803. The van der Waals surface area contributed by atoms with Crippen molar-refractivity contribution in [3.05, 3.63) is 65.2 Å². The van der Waals surface area contributed by atoms with Crippen molar-refractivity contribution in [3.8, 4) is 0 Å². The standard InChI is InChI=1S/C20H23N3O4/c1-14-7-9-16(10-8-14)19(26)23-17-5-2-4-15(12-17)13-22-20(27)21-11-3-6-18(24)25/h2,4-5,7-10,12H,3,6,11,13H2,1H3,(H,23,26)(H,24,25)(H2,21,22,27). The van der Waals surface area contributed by atoms with Gasteiger partial charge in [0.25, 0.3) is 5.91 Å². The number of hydrogen-bond donors (Lipinski definition) is 4. The predicted molar refractivity (Wildman–Crippen MR) is 103 cm³/mol. The number of urea groups is 1. The molecule has 0 aromatic heterocycles. The molecule has 3 amide bonds. The van der Waals surface area contributed by atoms with E-state index in [1.807, 2.05) is 25.1 Å². The highest BCUT2D eigenvalue weighted by Gasteiger charge is 2.07. The van der Waals surface area contributed by atoms with Crippen molar-refractivity contribution >= 4 is 23.6 Å². The minimum atomic E-state index is -0.887. The van der Waals surface area contributed by atoms with Gasteiger partial charge in [-0.3, -0.25) is 9.59 Å². The van der Waals surface area contributed by atoms with Crippen LogP contribution in [-0.4, -0.2) is 29.6 Å². The van der Waals surface area contributed by atoms with Crippen molar-refractivity contribution < 1.29 is 19.5 Å². The van der Waals surface area contributed by atoms with Crippen LogP contribution in [0.25, 0.3) is 0 Å². The van der Waals surface area contributed by atoms with Gasteiger partial charge in [0.05, 0.1) is 0 Å².